The molecule has 8 heteroatoms. The van der Waals surface area contributed by atoms with Gasteiger partial charge in [0.15, 0.2) is 0 Å². The third-order valence-electron chi connectivity index (χ3n) is 2.98. The number of benzene rings is 2. The van der Waals surface area contributed by atoms with Crippen molar-refractivity contribution >= 4 is 16.1 Å². The second-order valence-corrected chi connectivity index (χ2v) is 6.27. The van der Waals surface area contributed by atoms with Gasteiger partial charge >= 0.3 is 6.09 Å². The Morgan fingerprint density at radius 1 is 1.17 bits per heavy atom. The molecule has 0 bridgehead atoms. The minimum atomic E-state index is -3.94. The standard InChI is InChI=1S/C15H15FN2O4S/c16-14-7-6-13(23(17,20)21)8-12(14)9-18-15(19)22-10-11-4-2-1-3-5-11/h1-8H,9-10H2,(H,18,19)(H2,17,20,21). The molecule has 3 N–H and O–H groups in total. The Hall–Kier alpha value is -2.45. The number of hydrogen-bond acceptors (Lipinski definition) is 4. The number of amides is 1. The molecule has 0 radical (unpaired) electrons. The van der Waals surface area contributed by atoms with Gasteiger partial charge in [-0.05, 0) is 23.8 Å². The molecule has 2 rings (SSSR count). The fourth-order valence-electron chi connectivity index (χ4n) is 1.81. The number of sulfonamides is 1. The topological polar surface area (TPSA) is 98.5 Å². The van der Waals surface area contributed by atoms with Crippen molar-refractivity contribution in [3.05, 3.63) is 65.5 Å². The molecular formula is C15H15FN2O4S. The van der Waals surface area contributed by atoms with E-state index in [1.807, 2.05) is 18.2 Å². The first-order valence-corrected chi connectivity index (χ1v) is 8.16. The van der Waals surface area contributed by atoms with Crippen LogP contribution < -0.4 is 10.5 Å². The van der Waals surface area contributed by atoms with Crippen LogP contribution in [0.2, 0.25) is 0 Å². The van der Waals surface area contributed by atoms with E-state index in [1.165, 1.54) is 0 Å². The maximum Gasteiger partial charge on any atom is 0.407 e. The average molecular weight is 338 g/mol. The van der Waals surface area contributed by atoms with Crippen LogP contribution in [0.15, 0.2) is 53.4 Å². The summed E-state index contributed by atoms with van der Waals surface area (Å²) >= 11 is 0. The molecule has 0 aliphatic heterocycles. The van der Waals surface area contributed by atoms with Gasteiger partial charge in [-0.15, -0.1) is 0 Å². The highest BCUT2D eigenvalue weighted by Gasteiger charge is 2.12. The molecule has 0 atom stereocenters. The summed E-state index contributed by atoms with van der Waals surface area (Å²) in [6.45, 7) is -0.144. The number of carbonyl (C=O) groups is 1. The van der Waals surface area contributed by atoms with Crippen LogP contribution >= 0.6 is 0 Å². The maximum absolute atomic E-state index is 13.6. The van der Waals surface area contributed by atoms with E-state index in [2.05, 4.69) is 5.32 Å². The number of ether oxygens (including phenoxy) is 1. The minimum absolute atomic E-state index is 0.00631. The van der Waals surface area contributed by atoms with Crippen LogP contribution in [0.4, 0.5) is 9.18 Å². The Kier molecular flexibility index (Phi) is 5.30. The van der Waals surface area contributed by atoms with Crippen molar-refractivity contribution in [2.75, 3.05) is 0 Å². The van der Waals surface area contributed by atoms with Gasteiger partial charge in [0.2, 0.25) is 10.0 Å². The summed E-state index contributed by atoms with van der Waals surface area (Å²) in [6, 6.07) is 12.2. The third-order valence-corrected chi connectivity index (χ3v) is 3.89. The fraction of sp³-hybridized carbons (Fsp3) is 0.133. The molecule has 0 saturated carbocycles. The lowest BCUT2D eigenvalue weighted by atomic mass is 10.2. The zero-order valence-corrected chi connectivity index (χ0v) is 12.8. The van der Waals surface area contributed by atoms with Crippen LogP contribution in [0.1, 0.15) is 11.1 Å². The summed E-state index contributed by atoms with van der Waals surface area (Å²) in [4.78, 5) is 11.4. The molecule has 2 aromatic carbocycles. The Bertz CT molecular complexity index is 794. The van der Waals surface area contributed by atoms with Gasteiger partial charge in [0.05, 0.1) is 4.90 Å². The smallest absolute Gasteiger partial charge is 0.407 e. The Morgan fingerprint density at radius 2 is 1.87 bits per heavy atom. The number of rotatable bonds is 5. The summed E-state index contributed by atoms with van der Waals surface area (Å²) in [5.74, 6) is -0.652. The largest absolute Gasteiger partial charge is 0.445 e. The van der Waals surface area contributed by atoms with Gasteiger partial charge in [-0.3, -0.25) is 0 Å². The molecular weight excluding hydrogens is 323 g/mol. The van der Waals surface area contributed by atoms with Crippen molar-refractivity contribution < 1.29 is 22.3 Å². The van der Waals surface area contributed by atoms with Crippen LogP contribution in [0.5, 0.6) is 0 Å². The number of halogens is 1. The highest BCUT2D eigenvalue weighted by Crippen LogP contribution is 2.14. The monoisotopic (exact) mass is 338 g/mol. The van der Waals surface area contributed by atoms with E-state index in [4.69, 9.17) is 9.88 Å². The zero-order valence-electron chi connectivity index (χ0n) is 12.0. The highest BCUT2D eigenvalue weighted by molar-refractivity contribution is 7.89. The second-order valence-electron chi connectivity index (χ2n) is 4.71. The molecule has 0 unspecified atom stereocenters. The van der Waals surface area contributed by atoms with Gasteiger partial charge in [-0.2, -0.15) is 0 Å². The van der Waals surface area contributed by atoms with E-state index < -0.39 is 21.9 Å². The molecule has 1 amide bonds. The predicted molar refractivity (Wildman–Crippen MR) is 81.2 cm³/mol. The van der Waals surface area contributed by atoms with E-state index in [1.54, 1.807) is 12.1 Å². The Morgan fingerprint density at radius 3 is 2.52 bits per heavy atom. The normalized spacial score (nSPS) is 11.0. The molecule has 0 aliphatic carbocycles. The number of nitrogens with one attached hydrogen (secondary N) is 1. The number of hydrogen-bond donors (Lipinski definition) is 2. The van der Waals surface area contributed by atoms with Crippen molar-refractivity contribution in [3.63, 3.8) is 0 Å². The molecule has 6 nitrogen and oxygen atoms in total. The number of alkyl carbamates (subject to hydrolysis) is 1. The molecule has 0 aliphatic rings. The number of nitrogens with two attached hydrogens (primary N) is 1. The molecule has 0 saturated heterocycles. The van der Waals surface area contributed by atoms with Crippen molar-refractivity contribution in [1.82, 2.24) is 5.32 Å². The maximum atomic E-state index is 13.6. The first-order valence-electron chi connectivity index (χ1n) is 6.62. The molecule has 2 aromatic rings. The van der Waals surface area contributed by atoms with Crippen LogP contribution in [0.3, 0.4) is 0 Å². The minimum Gasteiger partial charge on any atom is -0.445 e. The van der Waals surface area contributed by atoms with Crippen molar-refractivity contribution in [2.45, 2.75) is 18.0 Å². The number of primary sulfonamides is 1. The fourth-order valence-corrected chi connectivity index (χ4v) is 2.37. The lowest BCUT2D eigenvalue weighted by Crippen LogP contribution is -2.24. The Labute approximate surface area is 133 Å². The van der Waals surface area contributed by atoms with Crippen LogP contribution in [0.25, 0.3) is 0 Å². The quantitative estimate of drug-likeness (QED) is 0.870. The van der Waals surface area contributed by atoms with E-state index >= 15 is 0 Å². The summed E-state index contributed by atoms with van der Waals surface area (Å²) < 4.78 is 41.1. The lowest BCUT2D eigenvalue weighted by molar-refractivity contribution is 0.139. The van der Waals surface area contributed by atoms with Gasteiger partial charge in [0.25, 0.3) is 0 Å². The molecule has 0 aromatic heterocycles. The average Bonchev–Trinajstić information content (AvgIpc) is 2.52. The second kappa shape index (κ2) is 7.21. The van der Waals surface area contributed by atoms with Crippen molar-refractivity contribution in [3.8, 4) is 0 Å². The van der Waals surface area contributed by atoms with Gasteiger partial charge in [-0.25, -0.2) is 22.7 Å². The molecule has 23 heavy (non-hydrogen) atoms. The summed E-state index contributed by atoms with van der Waals surface area (Å²) in [7, 11) is -3.94. The summed E-state index contributed by atoms with van der Waals surface area (Å²) in [5, 5.41) is 7.33. The third kappa shape index (κ3) is 5.04. The van der Waals surface area contributed by atoms with Crippen LogP contribution in [-0.2, 0) is 27.9 Å². The predicted octanol–water partition coefficient (Wildman–Crippen LogP) is 1.90. The molecule has 0 heterocycles. The van der Waals surface area contributed by atoms with Crippen molar-refractivity contribution in [1.29, 1.82) is 0 Å². The summed E-state index contributed by atoms with van der Waals surface area (Å²) in [6.07, 6.45) is -0.741. The first-order chi connectivity index (χ1) is 10.9. The first kappa shape index (κ1) is 16.9. The van der Waals surface area contributed by atoms with E-state index in [0.29, 0.717) is 0 Å². The molecule has 0 fully saturated rings. The molecule has 122 valence electrons. The number of carbonyl (C=O) groups excluding carboxylic acids is 1. The Balaban J connectivity index is 1.94. The van der Waals surface area contributed by atoms with Gasteiger partial charge in [0, 0.05) is 12.1 Å². The van der Waals surface area contributed by atoms with Crippen LogP contribution in [-0.4, -0.2) is 14.5 Å². The highest BCUT2D eigenvalue weighted by atomic mass is 32.2. The van der Waals surface area contributed by atoms with E-state index in [9.17, 15) is 17.6 Å². The van der Waals surface area contributed by atoms with Crippen molar-refractivity contribution in [2.24, 2.45) is 5.14 Å². The van der Waals surface area contributed by atoms with Gasteiger partial charge in [-0.1, -0.05) is 30.3 Å². The molecule has 0 spiro atoms. The zero-order chi connectivity index (χ0) is 16.9. The van der Waals surface area contributed by atoms with Gasteiger partial charge in [0.1, 0.15) is 12.4 Å². The van der Waals surface area contributed by atoms with E-state index in [-0.39, 0.29) is 23.6 Å². The summed E-state index contributed by atoms with van der Waals surface area (Å²) in [5.41, 5.74) is 0.804. The van der Waals surface area contributed by atoms with Crippen LogP contribution in [0, 0.1) is 5.82 Å². The van der Waals surface area contributed by atoms with Gasteiger partial charge < -0.3 is 10.1 Å². The lowest BCUT2D eigenvalue weighted by Gasteiger charge is -2.09. The SMILES string of the molecule is NS(=O)(=O)c1ccc(F)c(CNC(=O)OCc2ccccc2)c1. The van der Waals surface area contributed by atoms with E-state index in [0.717, 1.165) is 23.8 Å².